The monoisotopic (exact) mass is 458 g/mol. The lowest BCUT2D eigenvalue weighted by Crippen LogP contribution is -2.37. The summed E-state index contributed by atoms with van der Waals surface area (Å²) in [6.45, 7) is 4.62. The van der Waals surface area contributed by atoms with Gasteiger partial charge in [0.25, 0.3) is 5.56 Å². The summed E-state index contributed by atoms with van der Waals surface area (Å²) in [5.41, 5.74) is 3.30. The number of morpholine rings is 1. The predicted molar refractivity (Wildman–Crippen MR) is 131 cm³/mol. The molecule has 0 amide bonds. The topological polar surface area (TPSA) is 105 Å². The Hall–Kier alpha value is -3.82. The number of anilines is 2. The number of methoxy groups -OCH3 is 1. The van der Waals surface area contributed by atoms with Gasteiger partial charge in [-0.1, -0.05) is 12.1 Å². The molecule has 0 bridgehead atoms. The Kier molecular flexibility index (Phi) is 6.46. The van der Waals surface area contributed by atoms with Crippen LogP contribution >= 0.6 is 0 Å². The molecule has 9 nitrogen and oxygen atoms in total. The van der Waals surface area contributed by atoms with Crippen molar-refractivity contribution < 1.29 is 9.47 Å². The van der Waals surface area contributed by atoms with Crippen molar-refractivity contribution in [2.75, 3.05) is 45.3 Å². The van der Waals surface area contributed by atoms with Crippen molar-refractivity contribution >= 4 is 22.3 Å². The lowest BCUT2D eigenvalue weighted by atomic mass is 10.1. The van der Waals surface area contributed by atoms with Crippen LogP contribution in [0.25, 0.3) is 22.0 Å². The second-order valence-corrected chi connectivity index (χ2v) is 8.11. The molecular formula is C25H26N6O3. The predicted octanol–water partition coefficient (Wildman–Crippen LogP) is 3.01. The molecule has 9 heteroatoms. The van der Waals surface area contributed by atoms with Crippen LogP contribution < -0.4 is 15.6 Å². The fourth-order valence-corrected chi connectivity index (χ4v) is 4.01. The highest BCUT2D eigenvalue weighted by Gasteiger charge is 2.13. The summed E-state index contributed by atoms with van der Waals surface area (Å²) < 4.78 is 10.5. The van der Waals surface area contributed by atoms with Gasteiger partial charge in [0.05, 0.1) is 31.4 Å². The van der Waals surface area contributed by atoms with Gasteiger partial charge in [-0.3, -0.25) is 9.69 Å². The van der Waals surface area contributed by atoms with Crippen molar-refractivity contribution in [1.29, 1.82) is 0 Å². The Morgan fingerprint density at radius 1 is 1.12 bits per heavy atom. The second kappa shape index (κ2) is 9.98. The first-order valence-corrected chi connectivity index (χ1v) is 11.2. The van der Waals surface area contributed by atoms with Crippen molar-refractivity contribution in [3.8, 4) is 17.3 Å². The van der Waals surface area contributed by atoms with E-state index in [2.05, 4.69) is 37.3 Å². The maximum Gasteiger partial charge on any atom is 0.316 e. The van der Waals surface area contributed by atoms with Gasteiger partial charge in [-0.05, 0) is 41.6 Å². The summed E-state index contributed by atoms with van der Waals surface area (Å²) in [7, 11) is 1.52. The zero-order chi connectivity index (χ0) is 23.3. The average molecular weight is 459 g/mol. The van der Waals surface area contributed by atoms with Gasteiger partial charge in [-0.25, -0.2) is 15.0 Å². The minimum absolute atomic E-state index is 0.202. The quantitative estimate of drug-likeness (QED) is 0.436. The van der Waals surface area contributed by atoms with E-state index in [1.165, 1.54) is 12.7 Å². The highest BCUT2D eigenvalue weighted by atomic mass is 16.5. The smallest absolute Gasteiger partial charge is 0.316 e. The third-order valence-electron chi connectivity index (χ3n) is 5.90. The molecule has 34 heavy (non-hydrogen) atoms. The summed E-state index contributed by atoms with van der Waals surface area (Å²) in [5.74, 6) is 0.478. The number of hydrogen-bond acceptors (Lipinski definition) is 8. The number of aromatic amines is 1. The Bertz CT molecular complexity index is 1320. The number of aromatic nitrogens is 4. The van der Waals surface area contributed by atoms with E-state index in [0.717, 1.165) is 55.9 Å². The second-order valence-electron chi connectivity index (χ2n) is 8.11. The van der Waals surface area contributed by atoms with Crippen LogP contribution in [0, 0.1) is 0 Å². The number of benzene rings is 1. The van der Waals surface area contributed by atoms with Gasteiger partial charge in [0.15, 0.2) is 0 Å². The number of rotatable bonds is 7. The molecule has 1 aliphatic heterocycles. The number of nitrogens with zero attached hydrogens (tertiary/aromatic N) is 4. The van der Waals surface area contributed by atoms with E-state index in [1.807, 2.05) is 24.3 Å². The van der Waals surface area contributed by atoms with Crippen molar-refractivity contribution in [3.63, 3.8) is 0 Å². The molecule has 5 rings (SSSR count). The Morgan fingerprint density at radius 3 is 2.62 bits per heavy atom. The largest absolute Gasteiger partial charge is 0.467 e. The molecule has 0 aliphatic carbocycles. The minimum Gasteiger partial charge on any atom is -0.467 e. The lowest BCUT2D eigenvalue weighted by Gasteiger charge is -2.26. The molecule has 0 spiro atoms. The van der Waals surface area contributed by atoms with Gasteiger partial charge in [0, 0.05) is 49.5 Å². The number of fused-ring (bicyclic) bond motifs is 1. The fraction of sp³-hybridized carbons (Fsp3) is 0.280. The Balaban J connectivity index is 1.40. The van der Waals surface area contributed by atoms with E-state index in [4.69, 9.17) is 14.5 Å². The Morgan fingerprint density at radius 2 is 1.88 bits per heavy atom. The number of nitrogens with one attached hydrogen (secondary N) is 2. The van der Waals surface area contributed by atoms with E-state index in [-0.39, 0.29) is 11.6 Å². The molecule has 1 aliphatic rings. The summed E-state index contributed by atoms with van der Waals surface area (Å²) in [6, 6.07) is 12.2. The molecule has 0 unspecified atom stereocenters. The van der Waals surface area contributed by atoms with Gasteiger partial charge in [0.1, 0.15) is 5.82 Å². The normalized spacial score (nSPS) is 14.3. The van der Waals surface area contributed by atoms with Gasteiger partial charge in [-0.15, -0.1) is 0 Å². The number of hydrogen-bond donors (Lipinski definition) is 2. The summed E-state index contributed by atoms with van der Waals surface area (Å²) in [4.78, 5) is 30.9. The van der Waals surface area contributed by atoms with Gasteiger partial charge >= 0.3 is 6.01 Å². The molecule has 3 aromatic heterocycles. The van der Waals surface area contributed by atoms with Crippen LogP contribution in [0.1, 0.15) is 5.56 Å². The molecule has 0 radical (unpaired) electrons. The highest BCUT2D eigenvalue weighted by Crippen LogP contribution is 2.27. The first-order valence-electron chi connectivity index (χ1n) is 11.2. The van der Waals surface area contributed by atoms with E-state index in [1.54, 1.807) is 18.6 Å². The summed E-state index contributed by atoms with van der Waals surface area (Å²) >= 11 is 0. The number of ether oxygens (including phenoxy) is 2. The summed E-state index contributed by atoms with van der Waals surface area (Å²) in [6.07, 6.45) is 5.92. The van der Waals surface area contributed by atoms with Crippen molar-refractivity contribution in [2.45, 2.75) is 6.42 Å². The van der Waals surface area contributed by atoms with Gasteiger partial charge in [-0.2, -0.15) is 0 Å². The molecule has 174 valence electrons. The maximum absolute atomic E-state index is 12.6. The average Bonchev–Trinajstić information content (AvgIpc) is 2.89. The zero-order valence-electron chi connectivity index (χ0n) is 19.0. The fourth-order valence-electron chi connectivity index (χ4n) is 4.01. The zero-order valence-corrected chi connectivity index (χ0v) is 19.0. The van der Waals surface area contributed by atoms with Crippen LogP contribution in [-0.4, -0.2) is 64.8 Å². The van der Waals surface area contributed by atoms with Crippen LogP contribution in [0.4, 0.5) is 11.5 Å². The Labute approximate surface area is 196 Å². The number of H-pyrrole nitrogens is 1. The molecule has 4 heterocycles. The molecule has 1 fully saturated rings. The molecule has 0 saturated carbocycles. The minimum atomic E-state index is -0.202. The lowest BCUT2D eigenvalue weighted by molar-refractivity contribution is 0.0384. The molecule has 0 atom stereocenters. The molecule has 2 N–H and O–H groups in total. The first-order chi connectivity index (χ1) is 16.7. The van der Waals surface area contributed by atoms with E-state index in [0.29, 0.717) is 16.9 Å². The van der Waals surface area contributed by atoms with Crippen LogP contribution in [0.5, 0.6) is 6.01 Å². The summed E-state index contributed by atoms with van der Waals surface area (Å²) in [5, 5.41) is 4.60. The van der Waals surface area contributed by atoms with Crippen molar-refractivity contribution in [2.24, 2.45) is 0 Å². The van der Waals surface area contributed by atoms with Crippen LogP contribution in [0.15, 0.2) is 59.8 Å². The third-order valence-corrected chi connectivity index (χ3v) is 5.90. The van der Waals surface area contributed by atoms with E-state index < -0.39 is 0 Å². The van der Waals surface area contributed by atoms with Crippen LogP contribution in [0.3, 0.4) is 0 Å². The van der Waals surface area contributed by atoms with Crippen LogP contribution in [-0.2, 0) is 11.2 Å². The first kappa shape index (κ1) is 22.0. The van der Waals surface area contributed by atoms with E-state index in [9.17, 15) is 4.79 Å². The molecule has 4 aromatic rings. The third kappa shape index (κ3) is 4.90. The van der Waals surface area contributed by atoms with Crippen molar-refractivity contribution in [1.82, 2.24) is 24.8 Å². The van der Waals surface area contributed by atoms with E-state index >= 15 is 0 Å². The standard InChI is InChI=1S/C25H26N6O3/c1-33-25-27-15-19(16-28-25)21-14-18-6-8-26-24(32)22(18)23(30-21)29-20-4-2-17(3-5-20)7-9-31-10-12-34-13-11-31/h2-6,8,14-16H,7,9-13H2,1H3,(H,26,32)(H,29,30). The van der Waals surface area contributed by atoms with Crippen LogP contribution in [0.2, 0.25) is 0 Å². The highest BCUT2D eigenvalue weighted by molar-refractivity contribution is 5.95. The van der Waals surface area contributed by atoms with Crippen molar-refractivity contribution in [3.05, 3.63) is 70.9 Å². The SMILES string of the molecule is COc1ncc(-c2cc3cc[nH]c(=O)c3c(Nc3ccc(CCN4CCOCC4)cc3)n2)cn1. The molecule has 1 aromatic carbocycles. The van der Waals surface area contributed by atoms with Gasteiger partial charge in [0.2, 0.25) is 0 Å². The molecular weight excluding hydrogens is 432 g/mol. The molecule has 1 saturated heterocycles. The van der Waals surface area contributed by atoms with Gasteiger partial charge < -0.3 is 19.8 Å². The number of pyridine rings is 2. The maximum atomic E-state index is 12.6.